The number of H-pyrrole nitrogens is 1. The van der Waals surface area contributed by atoms with Crippen LogP contribution in [0, 0.1) is 6.92 Å². The number of hydrogen-bond acceptors (Lipinski definition) is 3. The minimum atomic E-state index is 0.971. The van der Waals surface area contributed by atoms with Gasteiger partial charge in [0.05, 0.1) is 16.7 Å². The van der Waals surface area contributed by atoms with Crippen LogP contribution in [0.15, 0.2) is 60.8 Å². The van der Waals surface area contributed by atoms with E-state index < -0.39 is 0 Å². The first-order chi connectivity index (χ1) is 13.3. The Balaban J connectivity index is 1.45. The monoisotopic (exact) mass is 354 g/mol. The minimum Gasteiger partial charge on any atom is -0.342 e. The standard InChI is InChI=1S/C23H22N4/c1-16-4-6-17(7-5-16)19-9-10-20(24-15-19)18-8-11-21-22(14-18)26-23(25-21)27-12-2-3-13-27/h4-11,14-15H,2-3,12-13H2,1H3,(H,25,26). The number of hydrogen-bond donors (Lipinski definition) is 1. The number of anilines is 1. The molecule has 0 spiro atoms. The van der Waals surface area contributed by atoms with Crippen LogP contribution in [0.25, 0.3) is 33.4 Å². The Kier molecular flexibility index (Phi) is 3.89. The van der Waals surface area contributed by atoms with Crippen molar-refractivity contribution in [2.24, 2.45) is 0 Å². The highest BCUT2D eigenvalue weighted by molar-refractivity contribution is 5.83. The van der Waals surface area contributed by atoms with Crippen LogP contribution in [-0.2, 0) is 0 Å². The molecule has 3 heterocycles. The van der Waals surface area contributed by atoms with Crippen molar-refractivity contribution in [3.8, 4) is 22.4 Å². The Hall–Kier alpha value is -3.14. The number of imidazole rings is 1. The van der Waals surface area contributed by atoms with Crippen molar-refractivity contribution in [3.63, 3.8) is 0 Å². The maximum Gasteiger partial charge on any atom is 0.203 e. The Morgan fingerprint density at radius 2 is 1.59 bits per heavy atom. The highest BCUT2D eigenvalue weighted by atomic mass is 15.3. The molecule has 4 heteroatoms. The molecule has 0 saturated carbocycles. The smallest absolute Gasteiger partial charge is 0.203 e. The molecule has 0 bridgehead atoms. The van der Waals surface area contributed by atoms with Crippen LogP contribution in [0.1, 0.15) is 18.4 Å². The third kappa shape index (κ3) is 3.08. The maximum absolute atomic E-state index is 4.80. The molecule has 1 N–H and O–H groups in total. The molecule has 1 aliphatic rings. The van der Waals surface area contributed by atoms with Gasteiger partial charge in [-0.1, -0.05) is 42.0 Å². The quantitative estimate of drug-likeness (QED) is 0.550. The summed E-state index contributed by atoms with van der Waals surface area (Å²) in [5.41, 5.74) is 7.74. The van der Waals surface area contributed by atoms with E-state index >= 15 is 0 Å². The summed E-state index contributed by atoms with van der Waals surface area (Å²) in [6.07, 6.45) is 4.45. The Morgan fingerprint density at radius 3 is 2.33 bits per heavy atom. The first kappa shape index (κ1) is 16.1. The fourth-order valence-corrected chi connectivity index (χ4v) is 3.71. The van der Waals surface area contributed by atoms with E-state index in [1.807, 2.05) is 6.20 Å². The number of nitrogens with one attached hydrogen (secondary N) is 1. The van der Waals surface area contributed by atoms with E-state index in [2.05, 4.69) is 71.4 Å². The summed E-state index contributed by atoms with van der Waals surface area (Å²) < 4.78 is 0. The lowest BCUT2D eigenvalue weighted by Gasteiger charge is -2.12. The summed E-state index contributed by atoms with van der Waals surface area (Å²) >= 11 is 0. The molecule has 2 aromatic heterocycles. The average molecular weight is 354 g/mol. The van der Waals surface area contributed by atoms with Gasteiger partial charge in [-0.2, -0.15) is 0 Å². The van der Waals surface area contributed by atoms with Gasteiger partial charge in [0.25, 0.3) is 0 Å². The van der Waals surface area contributed by atoms with E-state index in [4.69, 9.17) is 9.97 Å². The van der Waals surface area contributed by atoms with E-state index in [0.717, 1.165) is 46.9 Å². The predicted octanol–water partition coefficient (Wildman–Crippen LogP) is 5.20. The minimum absolute atomic E-state index is 0.971. The lowest BCUT2D eigenvalue weighted by molar-refractivity contribution is 0.922. The van der Waals surface area contributed by atoms with Crippen LogP contribution in [0.3, 0.4) is 0 Å². The fourth-order valence-electron chi connectivity index (χ4n) is 3.71. The number of rotatable bonds is 3. The molecule has 4 aromatic rings. The average Bonchev–Trinajstić information content (AvgIpc) is 3.38. The molecular formula is C23H22N4. The zero-order valence-corrected chi connectivity index (χ0v) is 15.4. The molecular weight excluding hydrogens is 332 g/mol. The summed E-state index contributed by atoms with van der Waals surface area (Å²) in [6, 6.07) is 19.1. The third-order valence-electron chi connectivity index (χ3n) is 5.32. The number of pyridine rings is 1. The van der Waals surface area contributed by atoms with Gasteiger partial charge in [0.1, 0.15) is 0 Å². The first-order valence-electron chi connectivity index (χ1n) is 9.54. The second kappa shape index (κ2) is 6.54. The number of aromatic amines is 1. The topological polar surface area (TPSA) is 44.8 Å². The van der Waals surface area contributed by atoms with Gasteiger partial charge in [-0.25, -0.2) is 4.98 Å². The van der Waals surface area contributed by atoms with Crippen molar-refractivity contribution in [1.82, 2.24) is 15.0 Å². The fraction of sp³-hybridized carbons (Fsp3) is 0.217. The Bertz CT molecular complexity index is 1070. The van der Waals surface area contributed by atoms with Crippen LogP contribution in [0.5, 0.6) is 0 Å². The van der Waals surface area contributed by atoms with Crippen molar-refractivity contribution in [2.75, 3.05) is 18.0 Å². The van der Waals surface area contributed by atoms with Crippen LogP contribution < -0.4 is 4.90 Å². The molecule has 0 radical (unpaired) electrons. The van der Waals surface area contributed by atoms with E-state index in [0.29, 0.717) is 0 Å². The lowest BCUT2D eigenvalue weighted by Crippen LogP contribution is -2.18. The number of fused-ring (bicyclic) bond motifs is 1. The second-order valence-corrected chi connectivity index (χ2v) is 7.28. The van der Waals surface area contributed by atoms with Gasteiger partial charge in [-0.3, -0.25) is 4.98 Å². The lowest BCUT2D eigenvalue weighted by atomic mass is 10.0. The van der Waals surface area contributed by atoms with Crippen LogP contribution in [0.2, 0.25) is 0 Å². The van der Waals surface area contributed by atoms with Gasteiger partial charge >= 0.3 is 0 Å². The molecule has 134 valence electrons. The SMILES string of the molecule is Cc1ccc(-c2ccc(-c3ccc4[nH]c(N5CCCC5)nc4c3)nc2)cc1. The highest BCUT2D eigenvalue weighted by Crippen LogP contribution is 2.27. The number of aryl methyl sites for hydroxylation is 1. The molecule has 4 nitrogen and oxygen atoms in total. The van der Waals surface area contributed by atoms with Gasteiger partial charge in [0.2, 0.25) is 5.95 Å². The molecule has 0 amide bonds. The number of nitrogens with zero attached hydrogens (tertiary/aromatic N) is 3. The summed E-state index contributed by atoms with van der Waals surface area (Å²) in [6.45, 7) is 4.29. The molecule has 5 rings (SSSR count). The zero-order valence-electron chi connectivity index (χ0n) is 15.4. The second-order valence-electron chi connectivity index (χ2n) is 7.28. The van der Waals surface area contributed by atoms with E-state index in [-0.39, 0.29) is 0 Å². The maximum atomic E-state index is 4.80. The Labute approximate surface area is 158 Å². The molecule has 0 unspecified atom stereocenters. The molecule has 27 heavy (non-hydrogen) atoms. The van der Waals surface area contributed by atoms with Crippen LogP contribution >= 0.6 is 0 Å². The number of aromatic nitrogens is 3. The normalized spacial score (nSPS) is 14.2. The largest absolute Gasteiger partial charge is 0.342 e. The van der Waals surface area contributed by atoms with E-state index in [1.54, 1.807) is 0 Å². The van der Waals surface area contributed by atoms with Crippen molar-refractivity contribution in [3.05, 3.63) is 66.4 Å². The summed E-state index contributed by atoms with van der Waals surface area (Å²) in [7, 11) is 0. The predicted molar refractivity (Wildman–Crippen MR) is 111 cm³/mol. The van der Waals surface area contributed by atoms with E-state index in [9.17, 15) is 0 Å². The molecule has 1 saturated heterocycles. The van der Waals surface area contributed by atoms with Gasteiger partial charge in [0, 0.05) is 30.4 Å². The number of benzene rings is 2. The van der Waals surface area contributed by atoms with Crippen LogP contribution in [0.4, 0.5) is 5.95 Å². The zero-order chi connectivity index (χ0) is 18.2. The van der Waals surface area contributed by atoms with Crippen molar-refractivity contribution in [1.29, 1.82) is 0 Å². The molecule has 0 atom stereocenters. The molecule has 0 aliphatic carbocycles. The van der Waals surface area contributed by atoms with Gasteiger partial charge in [0.15, 0.2) is 0 Å². The molecule has 1 aliphatic heterocycles. The van der Waals surface area contributed by atoms with Crippen molar-refractivity contribution in [2.45, 2.75) is 19.8 Å². The third-order valence-corrected chi connectivity index (χ3v) is 5.32. The van der Waals surface area contributed by atoms with Crippen LogP contribution in [-0.4, -0.2) is 28.0 Å². The molecule has 2 aromatic carbocycles. The molecule has 1 fully saturated rings. The van der Waals surface area contributed by atoms with Crippen molar-refractivity contribution < 1.29 is 0 Å². The summed E-state index contributed by atoms with van der Waals surface area (Å²) in [4.78, 5) is 15.3. The Morgan fingerprint density at radius 1 is 0.852 bits per heavy atom. The summed E-state index contributed by atoms with van der Waals surface area (Å²) in [5.74, 6) is 0.988. The van der Waals surface area contributed by atoms with E-state index in [1.165, 1.54) is 24.0 Å². The first-order valence-corrected chi connectivity index (χ1v) is 9.54. The van der Waals surface area contributed by atoms with Crippen molar-refractivity contribution >= 4 is 17.0 Å². The highest BCUT2D eigenvalue weighted by Gasteiger charge is 2.16. The van der Waals surface area contributed by atoms with Gasteiger partial charge < -0.3 is 9.88 Å². The van der Waals surface area contributed by atoms with Gasteiger partial charge in [-0.15, -0.1) is 0 Å². The van der Waals surface area contributed by atoms with Gasteiger partial charge in [-0.05, 0) is 43.5 Å². The summed E-state index contributed by atoms with van der Waals surface area (Å²) in [5, 5.41) is 0.